The Kier molecular flexibility index (Phi) is 4.61. The van der Waals surface area contributed by atoms with Crippen LogP contribution in [0.1, 0.15) is 30.7 Å². The third-order valence-electron chi connectivity index (χ3n) is 3.22. The standard InChI is InChI=1S/C15H17N7OS/c1-9(14-17-10(2)19-20-14)24-15-21-16-8-22(15)13-6-4-5-12(7-13)18-11(3)23/h4-9H,1-3H3,(H,18,23)(H,17,19,20). The summed E-state index contributed by atoms with van der Waals surface area (Å²) < 4.78 is 1.87. The highest BCUT2D eigenvalue weighted by atomic mass is 32.2. The van der Waals surface area contributed by atoms with Gasteiger partial charge in [0.2, 0.25) is 5.91 Å². The first-order valence-corrected chi connectivity index (χ1v) is 8.24. The van der Waals surface area contributed by atoms with E-state index in [1.807, 2.05) is 42.7 Å². The molecular formula is C15H17N7OS. The lowest BCUT2D eigenvalue weighted by atomic mass is 10.2. The number of rotatable bonds is 5. The minimum atomic E-state index is -0.112. The summed E-state index contributed by atoms with van der Waals surface area (Å²) in [7, 11) is 0. The van der Waals surface area contributed by atoms with E-state index in [1.54, 1.807) is 6.33 Å². The lowest BCUT2D eigenvalue weighted by Crippen LogP contribution is -2.06. The van der Waals surface area contributed by atoms with Gasteiger partial charge in [0.1, 0.15) is 12.2 Å². The van der Waals surface area contributed by atoms with E-state index in [0.29, 0.717) is 0 Å². The molecule has 0 aliphatic rings. The molecule has 124 valence electrons. The molecule has 2 aromatic heterocycles. The Labute approximate surface area is 143 Å². The fourth-order valence-corrected chi connectivity index (χ4v) is 3.06. The number of aromatic amines is 1. The normalized spacial score (nSPS) is 12.1. The highest BCUT2D eigenvalue weighted by Gasteiger charge is 2.17. The average molecular weight is 343 g/mol. The van der Waals surface area contributed by atoms with Gasteiger partial charge in [0, 0.05) is 12.6 Å². The Morgan fingerprint density at radius 3 is 2.96 bits per heavy atom. The van der Waals surface area contributed by atoms with Gasteiger partial charge in [-0.2, -0.15) is 5.10 Å². The van der Waals surface area contributed by atoms with Crippen LogP contribution in [0.4, 0.5) is 5.69 Å². The van der Waals surface area contributed by atoms with E-state index >= 15 is 0 Å². The number of thioether (sulfide) groups is 1. The molecule has 2 heterocycles. The predicted molar refractivity (Wildman–Crippen MR) is 91.1 cm³/mol. The van der Waals surface area contributed by atoms with Crippen LogP contribution in [0.5, 0.6) is 0 Å². The van der Waals surface area contributed by atoms with Crippen molar-refractivity contribution in [2.45, 2.75) is 31.2 Å². The highest BCUT2D eigenvalue weighted by molar-refractivity contribution is 7.99. The molecule has 0 saturated heterocycles. The Balaban J connectivity index is 1.84. The van der Waals surface area contributed by atoms with Gasteiger partial charge in [0.05, 0.1) is 10.9 Å². The number of hydrogen-bond donors (Lipinski definition) is 2. The van der Waals surface area contributed by atoms with Crippen molar-refractivity contribution < 1.29 is 4.79 Å². The van der Waals surface area contributed by atoms with Gasteiger partial charge in [-0.3, -0.25) is 14.5 Å². The lowest BCUT2D eigenvalue weighted by molar-refractivity contribution is -0.114. The van der Waals surface area contributed by atoms with E-state index in [0.717, 1.165) is 28.2 Å². The van der Waals surface area contributed by atoms with Gasteiger partial charge in [0.25, 0.3) is 0 Å². The second-order valence-electron chi connectivity index (χ2n) is 5.25. The van der Waals surface area contributed by atoms with Crippen molar-refractivity contribution >= 4 is 23.4 Å². The maximum Gasteiger partial charge on any atom is 0.221 e. The van der Waals surface area contributed by atoms with Gasteiger partial charge in [-0.25, -0.2) is 4.98 Å². The smallest absolute Gasteiger partial charge is 0.221 e. The number of benzene rings is 1. The van der Waals surface area contributed by atoms with Crippen LogP contribution in [-0.4, -0.2) is 35.9 Å². The molecule has 24 heavy (non-hydrogen) atoms. The Morgan fingerprint density at radius 2 is 2.25 bits per heavy atom. The van der Waals surface area contributed by atoms with E-state index in [-0.39, 0.29) is 11.2 Å². The number of carbonyl (C=O) groups excluding carboxylic acids is 1. The van der Waals surface area contributed by atoms with Crippen molar-refractivity contribution in [2.75, 3.05) is 5.32 Å². The van der Waals surface area contributed by atoms with E-state index in [4.69, 9.17) is 0 Å². The number of H-pyrrole nitrogens is 1. The third-order valence-corrected chi connectivity index (χ3v) is 4.28. The van der Waals surface area contributed by atoms with Crippen molar-refractivity contribution in [2.24, 2.45) is 0 Å². The van der Waals surface area contributed by atoms with Crippen LogP contribution in [0.2, 0.25) is 0 Å². The molecule has 1 atom stereocenters. The minimum Gasteiger partial charge on any atom is -0.326 e. The molecule has 3 rings (SSSR count). The van der Waals surface area contributed by atoms with Gasteiger partial charge < -0.3 is 5.32 Å². The number of aryl methyl sites for hydroxylation is 1. The molecule has 3 aromatic rings. The summed E-state index contributed by atoms with van der Waals surface area (Å²) in [5.74, 6) is 1.39. The molecule has 1 aromatic carbocycles. The number of amides is 1. The third kappa shape index (κ3) is 3.62. The Bertz CT molecular complexity index is 857. The second-order valence-corrected chi connectivity index (χ2v) is 6.56. The molecule has 0 bridgehead atoms. The molecule has 1 unspecified atom stereocenters. The van der Waals surface area contributed by atoms with Crippen LogP contribution in [0, 0.1) is 6.92 Å². The number of carbonyl (C=O) groups is 1. The Morgan fingerprint density at radius 1 is 1.42 bits per heavy atom. The first kappa shape index (κ1) is 16.2. The maximum absolute atomic E-state index is 11.2. The largest absolute Gasteiger partial charge is 0.326 e. The summed E-state index contributed by atoms with van der Waals surface area (Å²) in [6, 6.07) is 7.51. The summed E-state index contributed by atoms with van der Waals surface area (Å²) in [6.45, 7) is 5.36. The highest BCUT2D eigenvalue weighted by Crippen LogP contribution is 2.33. The molecule has 0 radical (unpaired) electrons. The summed E-state index contributed by atoms with van der Waals surface area (Å²) >= 11 is 1.51. The van der Waals surface area contributed by atoms with Gasteiger partial charge in [0.15, 0.2) is 11.0 Å². The maximum atomic E-state index is 11.2. The summed E-state index contributed by atoms with van der Waals surface area (Å²) in [5, 5.41) is 18.7. The summed E-state index contributed by atoms with van der Waals surface area (Å²) in [6.07, 6.45) is 1.64. The molecule has 9 heteroatoms. The monoisotopic (exact) mass is 343 g/mol. The predicted octanol–water partition coefficient (Wildman–Crippen LogP) is 2.51. The number of anilines is 1. The van der Waals surface area contributed by atoms with E-state index in [2.05, 4.69) is 30.7 Å². The number of nitrogens with zero attached hydrogens (tertiary/aromatic N) is 5. The topological polar surface area (TPSA) is 101 Å². The minimum absolute atomic E-state index is 0.0245. The number of nitrogens with one attached hydrogen (secondary N) is 2. The van der Waals surface area contributed by atoms with Crippen molar-refractivity contribution in [3.05, 3.63) is 42.2 Å². The van der Waals surface area contributed by atoms with E-state index < -0.39 is 0 Å². The molecule has 8 nitrogen and oxygen atoms in total. The average Bonchev–Trinajstić information content (AvgIpc) is 3.16. The van der Waals surface area contributed by atoms with E-state index in [1.165, 1.54) is 18.7 Å². The first-order chi connectivity index (χ1) is 11.5. The van der Waals surface area contributed by atoms with Crippen LogP contribution in [0.15, 0.2) is 35.7 Å². The molecular weight excluding hydrogens is 326 g/mol. The zero-order chi connectivity index (χ0) is 17.1. The lowest BCUT2D eigenvalue weighted by Gasteiger charge is -2.10. The van der Waals surface area contributed by atoms with E-state index in [9.17, 15) is 4.79 Å². The molecule has 2 N–H and O–H groups in total. The van der Waals surface area contributed by atoms with Gasteiger partial charge >= 0.3 is 0 Å². The molecule has 0 aliphatic carbocycles. The quantitative estimate of drug-likeness (QED) is 0.690. The fourth-order valence-electron chi connectivity index (χ4n) is 2.17. The van der Waals surface area contributed by atoms with Crippen molar-refractivity contribution in [3.63, 3.8) is 0 Å². The molecule has 0 aliphatic heterocycles. The SMILES string of the molecule is CC(=O)Nc1cccc(-n2cnnc2SC(C)c2n[nH]c(C)n2)c1. The van der Waals surface area contributed by atoms with Crippen LogP contribution in [0.25, 0.3) is 5.69 Å². The van der Waals surface area contributed by atoms with Gasteiger partial charge in [-0.05, 0) is 32.0 Å². The van der Waals surface area contributed by atoms with Crippen molar-refractivity contribution in [1.82, 2.24) is 29.9 Å². The zero-order valence-corrected chi connectivity index (χ0v) is 14.3. The van der Waals surface area contributed by atoms with Crippen LogP contribution < -0.4 is 5.32 Å². The zero-order valence-electron chi connectivity index (χ0n) is 13.5. The Hall–Kier alpha value is -2.68. The number of hydrogen-bond acceptors (Lipinski definition) is 6. The van der Waals surface area contributed by atoms with Crippen LogP contribution >= 0.6 is 11.8 Å². The van der Waals surface area contributed by atoms with Crippen molar-refractivity contribution in [1.29, 1.82) is 0 Å². The second kappa shape index (κ2) is 6.83. The molecule has 1 amide bonds. The van der Waals surface area contributed by atoms with Crippen LogP contribution in [-0.2, 0) is 4.79 Å². The molecule has 0 spiro atoms. The van der Waals surface area contributed by atoms with Gasteiger partial charge in [-0.1, -0.05) is 17.8 Å². The molecule has 0 saturated carbocycles. The van der Waals surface area contributed by atoms with Gasteiger partial charge in [-0.15, -0.1) is 10.2 Å². The summed E-state index contributed by atoms with van der Waals surface area (Å²) in [5.41, 5.74) is 1.59. The fraction of sp³-hybridized carbons (Fsp3) is 0.267. The number of aromatic nitrogens is 6. The first-order valence-electron chi connectivity index (χ1n) is 7.36. The van der Waals surface area contributed by atoms with Crippen molar-refractivity contribution in [3.8, 4) is 5.69 Å². The van der Waals surface area contributed by atoms with Crippen LogP contribution in [0.3, 0.4) is 0 Å². The summed E-state index contributed by atoms with van der Waals surface area (Å²) in [4.78, 5) is 15.6. The molecule has 0 fully saturated rings.